The molecule has 6 aromatic carbocycles. The third-order valence-corrected chi connectivity index (χ3v) is 25.4. The Morgan fingerprint density at radius 3 is 1.32 bits per heavy atom. The molecule has 3 fully saturated rings. The van der Waals surface area contributed by atoms with E-state index in [0.29, 0.717) is 52.7 Å². The van der Waals surface area contributed by atoms with Crippen LogP contribution in [0.25, 0.3) is 0 Å². The van der Waals surface area contributed by atoms with Gasteiger partial charge in [-0.1, -0.05) is 12.1 Å². The maximum atomic E-state index is 7.86. The molecule has 3 heterocycles. The van der Waals surface area contributed by atoms with Crippen LogP contribution in [0.4, 0.5) is 0 Å². The normalized spacial score (nSPS) is 24.5. The van der Waals surface area contributed by atoms with E-state index >= 15 is 0 Å². The second-order valence-corrected chi connectivity index (χ2v) is 30.9. The first-order chi connectivity index (χ1) is 38.3. The number of hydrogen-bond acceptors (Lipinski definition) is 11. The molecule has 0 N–H and O–H groups in total. The molecular formula is C66H82O11Sn. The van der Waals surface area contributed by atoms with Crippen LogP contribution < -0.4 is 0 Å². The first-order valence-electron chi connectivity index (χ1n) is 28.5. The zero-order valence-electron chi connectivity index (χ0n) is 46.2. The molecule has 0 aliphatic carbocycles. The van der Waals surface area contributed by atoms with Gasteiger partial charge in [0.1, 0.15) is 0 Å². The van der Waals surface area contributed by atoms with Crippen molar-refractivity contribution in [1.29, 1.82) is 0 Å². The molecule has 3 aliphatic rings. The van der Waals surface area contributed by atoms with Gasteiger partial charge < -0.3 is 0 Å². The zero-order valence-corrected chi connectivity index (χ0v) is 49.0. The van der Waals surface area contributed by atoms with Gasteiger partial charge in [0, 0.05) is 0 Å². The fraction of sp³-hybridized carbons (Fsp3) is 0.455. The van der Waals surface area contributed by atoms with E-state index < -0.39 is 86.0 Å². The number of unbranched alkanes of at least 4 members (excludes halogenated alkanes) is 2. The van der Waals surface area contributed by atoms with Crippen LogP contribution in [0.15, 0.2) is 182 Å². The van der Waals surface area contributed by atoms with E-state index in [4.69, 9.17) is 48.8 Å². The molecule has 11 nitrogen and oxygen atoms in total. The molecule has 3 saturated heterocycles. The number of ether oxygens (including phenoxy) is 9. The van der Waals surface area contributed by atoms with E-state index in [-0.39, 0.29) is 6.61 Å². The average Bonchev–Trinajstić information content (AvgIpc) is 4.05. The standard InChI is InChI=1S/C58H64O11.2C4H9.Sn/c1-58(2)67-41-51(69-58)55(64-37-45-27-15-6-16-28-45)56(65-38-46-29-17-7-18-30-46)52(60)48(59)33-49-53(62-35-43-23-11-4-12-24-43)57(66-39-47-31-19-8-20-32-47)54(63-36-44-25-13-5-14-26-44)50(68-49)40-61-34-42-21-9-3-10-22-42;2*1-3-4-2;/h3-32,48-57H,33-41H2,1-2H3;2*1,3-4H2,2H3;/q-2;;;+2/t48-,49+,50-,51+,52-,53+,54-,55-,56-,57-;;;/m1.../s1. The van der Waals surface area contributed by atoms with Crippen LogP contribution in [0.3, 0.4) is 0 Å². The summed E-state index contributed by atoms with van der Waals surface area (Å²) in [5, 5.41) is 0. The maximum absolute atomic E-state index is 7.86. The van der Waals surface area contributed by atoms with Crippen molar-refractivity contribution >= 4 is 19.2 Å². The molecule has 0 spiro atoms. The molecule has 0 bridgehead atoms. The van der Waals surface area contributed by atoms with Crippen molar-refractivity contribution in [3.05, 3.63) is 215 Å². The number of hydrogen-bond donors (Lipinski definition) is 0. The Bertz CT molecular complexity index is 2570. The molecular weight excluding hydrogens is 1090 g/mol. The summed E-state index contributed by atoms with van der Waals surface area (Å²) < 4.78 is 81.0. The van der Waals surface area contributed by atoms with E-state index in [0.717, 1.165) is 67.9 Å². The van der Waals surface area contributed by atoms with Gasteiger partial charge in [-0.3, -0.25) is 0 Å². The predicted octanol–water partition coefficient (Wildman–Crippen LogP) is 13.3. The molecule has 0 radical (unpaired) electrons. The monoisotopic (exact) mass is 1170 g/mol. The molecule has 0 amide bonds. The van der Waals surface area contributed by atoms with Gasteiger partial charge in [-0.05, 0) is 0 Å². The minimum atomic E-state index is -3.99. The summed E-state index contributed by atoms with van der Waals surface area (Å²) in [5.74, 6) is -0.828. The van der Waals surface area contributed by atoms with Gasteiger partial charge in [-0.2, -0.15) is 0 Å². The molecule has 78 heavy (non-hydrogen) atoms. The van der Waals surface area contributed by atoms with Gasteiger partial charge in [-0.25, -0.2) is 0 Å². The van der Waals surface area contributed by atoms with Crippen LogP contribution in [0.2, 0.25) is 8.87 Å². The molecule has 3 aliphatic heterocycles. The Morgan fingerprint density at radius 2 is 0.885 bits per heavy atom. The molecule has 416 valence electrons. The van der Waals surface area contributed by atoms with Gasteiger partial charge in [0.2, 0.25) is 0 Å². The number of benzene rings is 6. The first kappa shape index (κ1) is 58.3. The zero-order chi connectivity index (χ0) is 53.8. The van der Waals surface area contributed by atoms with Crippen molar-refractivity contribution < 1.29 is 48.8 Å². The average molecular weight is 1170 g/mol. The Hall–Kier alpha value is -4.32. The van der Waals surface area contributed by atoms with Crippen molar-refractivity contribution in [1.82, 2.24) is 0 Å². The van der Waals surface area contributed by atoms with E-state index in [1.807, 2.05) is 123 Å². The molecule has 9 rings (SSSR count). The van der Waals surface area contributed by atoms with E-state index in [1.165, 1.54) is 0 Å². The summed E-state index contributed by atoms with van der Waals surface area (Å²) in [6, 6.07) is 61.7. The van der Waals surface area contributed by atoms with Crippen LogP contribution >= 0.6 is 0 Å². The van der Waals surface area contributed by atoms with Gasteiger partial charge >= 0.3 is 460 Å². The van der Waals surface area contributed by atoms with Gasteiger partial charge in [0.15, 0.2) is 0 Å². The van der Waals surface area contributed by atoms with Crippen molar-refractivity contribution in [3.63, 3.8) is 0 Å². The topological polar surface area (TPSA) is 102 Å². The summed E-state index contributed by atoms with van der Waals surface area (Å²) in [7, 11) is 0. The van der Waals surface area contributed by atoms with E-state index in [9.17, 15) is 0 Å². The van der Waals surface area contributed by atoms with Crippen LogP contribution in [-0.4, -0.2) is 99.2 Å². The van der Waals surface area contributed by atoms with Gasteiger partial charge in [0.25, 0.3) is 0 Å². The number of rotatable bonds is 30. The Labute approximate surface area is 469 Å². The summed E-state index contributed by atoms with van der Waals surface area (Å²) in [6.07, 6.45) is -1.23. The van der Waals surface area contributed by atoms with Crippen molar-refractivity contribution in [2.24, 2.45) is 0 Å². The van der Waals surface area contributed by atoms with Crippen LogP contribution in [0.1, 0.15) is 93.2 Å². The molecule has 6 aromatic rings. The minimum absolute atomic E-state index is 0.246. The third-order valence-electron chi connectivity index (χ3n) is 15.0. The summed E-state index contributed by atoms with van der Waals surface area (Å²) in [6.45, 7) is 11.1. The second-order valence-electron chi connectivity index (χ2n) is 21.5. The summed E-state index contributed by atoms with van der Waals surface area (Å²) in [4.78, 5) is 0. The second kappa shape index (κ2) is 29.9. The SMILES string of the molecule is CCC[CH2][Sn]1([CH2]CCC)[O][C@@H]([C@@H](OCc2ccccc2)[C@H](OCc2ccccc2)[C@@H]2COC(C)(C)O2)[C@@H](C[C@@H]2O[C@H](COCc3ccccc3)[C@@H](OCc3ccccc3)[C@H](OCc3ccccc3)[C@H]2OCc2ccccc2)[O]1. The van der Waals surface area contributed by atoms with E-state index in [1.54, 1.807) is 0 Å². The fourth-order valence-corrected chi connectivity index (χ4v) is 22.7. The molecule has 0 aromatic heterocycles. The Balaban J connectivity index is 1.14. The van der Waals surface area contributed by atoms with Crippen LogP contribution in [-0.2, 0) is 88.4 Å². The fourth-order valence-electron chi connectivity index (χ4n) is 10.9. The Morgan fingerprint density at radius 1 is 0.474 bits per heavy atom. The van der Waals surface area contributed by atoms with Gasteiger partial charge in [0.05, 0.1) is 0 Å². The van der Waals surface area contributed by atoms with Crippen molar-refractivity contribution in [2.45, 2.75) is 175 Å². The quantitative estimate of drug-likeness (QED) is 0.0403. The van der Waals surface area contributed by atoms with Crippen LogP contribution in [0, 0.1) is 0 Å². The molecule has 10 atom stereocenters. The third kappa shape index (κ3) is 16.9. The molecule has 12 heteroatoms. The summed E-state index contributed by atoms with van der Waals surface area (Å²) in [5.41, 5.74) is 6.28. The Kier molecular flexibility index (Phi) is 22.4. The molecule has 0 unspecified atom stereocenters. The first-order valence-corrected chi connectivity index (χ1v) is 34.9. The van der Waals surface area contributed by atoms with Crippen molar-refractivity contribution in [3.8, 4) is 0 Å². The summed E-state index contributed by atoms with van der Waals surface area (Å²) >= 11 is -3.99. The predicted molar refractivity (Wildman–Crippen MR) is 304 cm³/mol. The van der Waals surface area contributed by atoms with E-state index in [2.05, 4.69) is 86.6 Å². The van der Waals surface area contributed by atoms with Crippen molar-refractivity contribution in [2.75, 3.05) is 13.2 Å². The van der Waals surface area contributed by atoms with Crippen LogP contribution in [0.5, 0.6) is 0 Å². The van der Waals surface area contributed by atoms with Gasteiger partial charge in [-0.15, -0.1) is 0 Å². The molecule has 0 saturated carbocycles.